The minimum absolute atomic E-state index is 0.155. The van der Waals surface area contributed by atoms with Gasteiger partial charge in [0.05, 0.1) is 31.9 Å². The van der Waals surface area contributed by atoms with Crippen molar-refractivity contribution in [3.8, 4) is 0 Å². The van der Waals surface area contributed by atoms with Gasteiger partial charge in [-0.25, -0.2) is 0 Å². The Kier molecular flexibility index (Phi) is 6.98. The van der Waals surface area contributed by atoms with Gasteiger partial charge in [0.1, 0.15) is 0 Å². The Morgan fingerprint density at radius 2 is 1.79 bits per heavy atom. The molecule has 8 heteroatoms. The molecule has 0 aromatic heterocycles. The number of hydrogen-bond donors (Lipinski definition) is 2. The van der Waals surface area contributed by atoms with Gasteiger partial charge in [-0.15, -0.1) is 0 Å². The Morgan fingerprint density at radius 1 is 1.07 bits per heavy atom. The van der Waals surface area contributed by atoms with Gasteiger partial charge in [-0.1, -0.05) is 44.0 Å². The molecule has 0 spiro atoms. The molecule has 0 radical (unpaired) electrons. The molecule has 1 saturated heterocycles. The van der Waals surface area contributed by atoms with Gasteiger partial charge in [-0.2, -0.15) is 0 Å². The number of ketones is 1. The van der Waals surface area contributed by atoms with Crippen LogP contribution < -0.4 is 10.2 Å². The number of rotatable bonds is 6. The number of nitrogens with zero attached hydrogens (tertiary/aromatic N) is 1. The third-order valence-electron chi connectivity index (χ3n) is 4.68. The molecule has 0 atom stereocenters. The Hall–Kier alpha value is -2.03. The molecule has 2 aromatic rings. The standard InChI is InChI=1S/C20H19Br2N3O3/c21-14-5-6-18(16(11-14)20(28)15-3-1-2-4-17(15)22)23-19(27)12-24-7-9-25(13-26)10-8-24/h1-6,11,13H,7-10,12H2,(H,23,27)/p+1. The number of quaternary nitrogens is 1. The van der Waals surface area contributed by atoms with Crippen LogP contribution in [0.15, 0.2) is 51.4 Å². The molecule has 1 aliphatic rings. The van der Waals surface area contributed by atoms with Gasteiger partial charge in [0.2, 0.25) is 6.41 Å². The van der Waals surface area contributed by atoms with Crippen molar-refractivity contribution >= 4 is 55.6 Å². The molecule has 0 unspecified atom stereocenters. The Balaban J connectivity index is 1.74. The van der Waals surface area contributed by atoms with E-state index in [4.69, 9.17) is 0 Å². The second kappa shape index (κ2) is 9.45. The molecular formula is C20H20Br2N3O3+. The highest BCUT2D eigenvalue weighted by molar-refractivity contribution is 9.10. The third kappa shape index (κ3) is 5.06. The third-order valence-corrected chi connectivity index (χ3v) is 5.87. The van der Waals surface area contributed by atoms with Gasteiger partial charge in [0, 0.05) is 20.1 Å². The predicted octanol–water partition coefficient (Wildman–Crippen LogP) is 1.74. The first-order valence-corrected chi connectivity index (χ1v) is 10.5. The minimum atomic E-state index is -0.170. The van der Waals surface area contributed by atoms with Crippen LogP contribution in [0, 0.1) is 0 Å². The molecule has 6 nitrogen and oxygen atoms in total. The summed E-state index contributed by atoms with van der Waals surface area (Å²) < 4.78 is 1.46. The van der Waals surface area contributed by atoms with E-state index in [9.17, 15) is 14.4 Å². The van der Waals surface area contributed by atoms with Crippen LogP contribution in [0.5, 0.6) is 0 Å². The zero-order valence-electron chi connectivity index (χ0n) is 15.1. The van der Waals surface area contributed by atoms with Crippen LogP contribution in [0.1, 0.15) is 15.9 Å². The van der Waals surface area contributed by atoms with Crippen molar-refractivity contribution in [2.75, 3.05) is 38.0 Å². The van der Waals surface area contributed by atoms with Crippen LogP contribution in [0.4, 0.5) is 5.69 Å². The van der Waals surface area contributed by atoms with Crippen LogP contribution in [-0.4, -0.2) is 55.7 Å². The quantitative estimate of drug-likeness (QED) is 0.460. The molecule has 28 heavy (non-hydrogen) atoms. The van der Waals surface area contributed by atoms with Crippen LogP contribution in [0.3, 0.4) is 0 Å². The lowest BCUT2D eigenvalue weighted by Gasteiger charge is -2.29. The van der Waals surface area contributed by atoms with Gasteiger partial charge in [0.25, 0.3) is 5.91 Å². The number of carbonyl (C=O) groups is 3. The van der Waals surface area contributed by atoms with Crippen molar-refractivity contribution in [2.45, 2.75) is 0 Å². The highest BCUT2D eigenvalue weighted by Crippen LogP contribution is 2.26. The van der Waals surface area contributed by atoms with Crippen molar-refractivity contribution in [2.24, 2.45) is 0 Å². The molecule has 2 amide bonds. The van der Waals surface area contributed by atoms with E-state index in [1.54, 1.807) is 35.2 Å². The van der Waals surface area contributed by atoms with E-state index >= 15 is 0 Å². The highest BCUT2D eigenvalue weighted by atomic mass is 79.9. The molecular weight excluding hydrogens is 490 g/mol. The van der Waals surface area contributed by atoms with Crippen molar-refractivity contribution in [3.63, 3.8) is 0 Å². The lowest BCUT2D eigenvalue weighted by Crippen LogP contribution is -3.15. The molecule has 1 aliphatic heterocycles. The molecule has 1 heterocycles. The molecule has 2 N–H and O–H groups in total. The maximum atomic E-state index is 13.0. The number of anilines is 1. The number of amides is 2. The minimum Gasteiger partial charge on any atom is -0.334 e. The van der Waals surface area contributed by atoms with Crippen molar-refractivity contribution in [3.05, 3.63) is 62.5 Å². The normalized spacial score (nSPS) is 14.6. The Bertz CT molecular complexity index is 896. The largest absolute Gasteiger partial charge is 0.334 e. The molecule has 1 fully saturated rings. The van der Waals surface area contributed by atoms with Crippen molar-refractivity contribution in [1.29, 1.82) is 0 Å². The van der Waals surface area contributed by atoms with Crippen LogP contribution in [-0.2, 0) is 9.59 Å². The summed E-state index contributed by atoms with van der Waals surface area (Å²) >= 11 is 6.81. The SMILES string of the molecule is O=CN1CC[NH+](CC(=O)Nc2ccc(Br)cc2C(=O)c2ccccc2Br)CC1. The monoisotopic (exact) mass is 508 g/mol. The average molecular weight is 510 g/mol. The fourth-order valence-corrected chi connectivity index (χ4v) is 3.97. The van der Waals surface area contributed by atoms with Crippen molar-refractivity contribution in [1.82, 2.24) is 4.90 Å². The Morgan fingerprint density at radius 3 is 2.46 bits per heavy atom. The zero-order chi connectivity index (χ0) is 20.1. The molecule has 2 aromatic carbocycles. The molecule has 3 rings (SSSR count). The summed E-state index contributed by atoms with van der Waals surface area (Å²) in [5.74, 6) is -0.325. The topological polar surface area (TPSA) is 70.9 Å². The number of hydrogen-bond acceptors (Lipinski definition) is 3. The predicted molar refractivity (Wildman–Crippen MR) is 114 cm³/mol. The van der Waals surface area contributed by atoms with Crippen LogP contribution in [0.2, 0.25) is 0 Å². The summed E-state index contributed by atoms with van der Waals surface area (Å²) in [4.78, 5) is 39.2. The zero-order valence-corrected chi connectivity index (χ0v) is 18.3. The van der Waals surface area contributed by atoms with E-state index in [-0.39, 0.29) is 11.7 Å². The second-order valence-electron chi connectivity index (χ2n) is 6.62. The summed E-state index contributed by atoms with van der Waals surface area (Å²) in [5.41, 5.74) is 1.45. The fraction of sp³-hybridized carbons (Fsp3) is 0.250. The van der Waals surface area contributed by atoms with Gasteiger partial charge >= 0.3 is 0 Å². The van der Waals surface area contributed by atoms with Crippen LogP contribution in [0.25, 0.3) is 0 Å². The maximum absolute atomic E-state index is 13.0. The summed E-state index contributed by atoms with van der Waals surface area (Å²) in [6.45, 7) is 3.06. The number of nitrogens with one attached hydrogen (secondary N) is 2. The molecule has 0 aliphatic carbocycles. The van der Waals surface area contributed by atoms with Crippen LogP contribution >= 0.6 is 31.9 Å². The smallest absolute Gasteiger partial charge is 0.279 e. The van der Waals surface area contributed by atoms with Crippen molar-refractivity contribution < 1.29 is 19.3 Å². The second-order valence-corrected chi connectivity index (χ2v) is 8.39. The summed E-state index contributed by atoms with van der Waals surface area (Å²) in [6, 6.07) is 12.4. The van der Waals surface area contributed by atoms with E-state index in [1.165, 1.54) is 0 Å². The first-order chi connectivity index (χ1) is 13.5. The lowest BCUT2D eigenvalue weighted by molar-refractivity contribution is -0.895. The number of halogens is 2. The first-order valence-electron chi connectivity index (χ1n) is 8.89. The summed E-state index contributed by atoms with van der Waals surface area (Å²) in [6.07, 6.45) is 0.846. The van der Waals surface area contributed by atoms with E-state index < -0.39 is 0 Å². The molecule has 0 bridgehead atoms. The summed E-state index contributed by atoms with van der Waals surface area (Å²) in [5, 5.41) is 2.88. The first kappa shape index (κ1) is 20.7. The maximum Gasteiger partial charge on any atom is 0.279 e. The van der Waals surface area contributed by atoms with Gasteiger partial charge < -0.3 is 15.1 Å². The van der Waals surface area contributed by atoms with Gasteiger partial charge in [0.15, 0.2) is 12.3 Å². The van der Waals surface area contributed by atoms with Gasteiger partial charge in [-0.05, 0) is 30.3 Å². The fourth-order valence-electron chi connectivity index (χ4n) is 3.15. The lowest BCUT2D eigenvalue weighted by atomic mass is 10.0. The van der Waals surface area contributed by atoms with E-state index in [0.717, 1.165) is 28.9 Å². The summed E-state index contributed by atoms with van der Waals surface area (Å²) in [7, 11) is 0. The molecule has 0 saturated carbocycles. The number of piperazine rings is 1. The number of carbonyl (C=O) groups excluding carboxylic acids is 3. The number of benzene rings is 2. The van der Waals surface area contributed by atoms with E-state index in [0.29, 0.717) is 40.9 Å². The average Bonchev–Trinajstić information content (AvgIpc) is 2.70. The highest BCUT2D eigenvalue weighted by Gasteiger charge is 2.23. The van der Waals surface area contributed by atoms with E-state index in [1.807, 2.05) is 12.1 Å². The molecule has 146 valence electrons. The van der Waals surface area contributed by atoms with Gasteiger partial charge in [-0.3, -0.25) is 14.4 Å². The Labute approximate surface area is 180 Å². The van der Waals surface area contributed by atoms with E-state index in [2.05, 4.69) is 37.2 Å².